The zero-order valence-electron chi connectivity index (χ0n) is 11.0. The Balaban J connectivity index is 1.90. The van der Waals surface area contributed by atoms with Gasteiger partial charge in [0.2, 0.25) is 5.13 Å². The predicted molar refractivity (Wildman–Crippen MR) is 74.0 cm³/mol. The Morgan fingerprint density at radius 3 is 2.77 bits per heavy atom. The van der Waals surface area contributed by atoms with E-state index in [9.17, 15) is 13.2 Å². The summed E-state index contributed by atoms with van der Waals surface area (Å²) in [5, 5.41) is 22.3. The number of rotatable bonds is 4. The monoisotopic (exact) mass is 347 g/mol. The molecule has 3 rings (SSSR count). The van der Waals surface area contributed by atoms with Crippen molar-refractivity contribution in [1.82, 2.24) is 30.0 Å². The minimum absolute atomic E-state index is 0.0299. The molecule has 0 spiro atoms. The van der Waals surface area contributed by atoms with E-state index in [0.29, 0.717) is 25.6 Å². The molecule has 7 nitrogen and oxygen atoms in total. The summed E-state index contributed by atoms with van der Waals surface area (Å²) in [6, 6.07) is 2.98. The number of halogens is 3. The fourth-order valence-electron chi connectivity index (χ4n) is 1.57. The second kappa shape index (κ2) is 5.68. The van der Waals surface area contributed by atoms with E-state index in [1.807, 2.05) is 6.92 Å². The molecule has 22 heavy (non-hydrogen) atoms. The van der Waals surface area contributed by atoms with Crippen LogP contribution in [0.1, 0.15) is 12.7 Å². The highest BCUT2D eigenvalue weighted by Crippen LogP contribution is 2.32. The third kappa shape index (κ3) is 2.97. The number of hydrogen-bond donors (Lipinski definition) is 1. The first-order valence-corrected chi connectivity index (χ1v) is 7.65. The molecule has 0 aliphatic rings. The van der Waals surface area contributed by atoms with Gasteiger partial charge in [-0.1, -0.05) is 11.3 Å². The summed E-state index contributed by atoms with van der Waals surface area (Å²) in [4.78, 5) is 0. The molecule has 0 unspecified atom stereocenters. The molecule has 0 bridgehead atoms. The van der Waals surface area contributed by atoms with E-state index in [1.165, 1.54) is 17.4 Å². The van der Waals surface area contributed by atoms with Crippen LogP contribution in [0.5, 0.6) is 0 Å². The Hall–Kier alpha value is -1.95. The molecule has 0 atom stereocenters. The summed E-state index contributed by atoms with van der Waals surface area (Å²) < 4.78 is 39.6. The SMILES string of the molecule is CCNc1nnc(Sc2ccc3nnc(C(F)(F)F)n3n2)s1. The maximum atomic E-state index is 12.8. The van der Waals surface area contributed by atoms with Crippen molar-refractivity contribution >= 4 is 33.9 Å². The van der Waals surface area contributed by atoms with Gasteiger partial charge in [-0.2, -0.15) is 22.8 Å². The van der Waals surface area contributed by atoms with Crippen LogP contribution in [-0.2, 0) is 6.18 Å². The molecule has 0 radical (unpaired) electrons. The summed E-state index contributed by atoms with van der Waals surface area (Å²) in [6.07, 6.45) is -4.61. The first-order valence-electron chi connectivity index (χ1n) is 6.02. The average Bonchev–Trinajstić information content (AvgIpc) is 3.05. The van der Waals surface area contributed by atoms with E-state index in [0.717, 1.165) is 11.8 Å². The molecule has 0 aliphatic heterocycles. The van der Waals surface area contributed by atoms with Crippen LogP contribution in [0.3, 0.4) is 0 Å². The molecular weight excluding hydrogens is 339 g/mol. The van der Waals surface area contributed by atoms with E-state index >= 15 is 0 Å². The Morgan fingerprint density at radius 1 is 1.23 bits per heavy atom. The molecule has 3 heterocycles. The Labute approximate surface area is 130 Å². The number of nitrogens with one attached hydrogen (secondary N) is 1. The Morgan fingerprint density at radius 2 is 2.05 bits per heavy atom. The van der Waals surface area contributed by atoms with Crippen LogP contribution in [0, 0.1) is 0 Å². The number of fused-ring (bicyclic) bond motifs is 1. The highest BCUT2D eigenvalue weighted by molar-refractivity contribution is 8.01. The van der Waals surface area contributed by atoms with Gasteiger partial charge in [0.05, 0.1) is 0 Å². The van der Waals surface area contributed by atoms with Crippen molar-refractivity contribution in [3.8, 4) is 0 Å². The van der Waals surface area contributed by atoms with Crippen molar-refractivity contribution in [2.45, 2.75) is 22.5 Å². The summed E-state index contributed by atoms with van der Waals surface area (Å²) >= 11 is 2.42. The van der Waals surface area contributed by atoms with Crippen molar-refractivity contribution in [3.63, 3.8) is 0 Å². The van der Waals surface area contributed by atoms with Crippen LogP contribution in [0.2, 0.25) is 0 Å². The fourth-order valence-corrected chi connectivity index (χ4v) is 3.29. The third-order valence-corrected chi connectivity index (χ3v) is 4.28. The largest absolute Gasteiger partial charge is 0.453 e. The Kier molecular flexibility index (Phi) is 3.87. The van der Waals surface area contributed by atoms with E-state index in [1.54, 1.807) is 6.07 Å². The number of alkyl halides is 3. The lowest BCUT2D eigenvalue weighted by Gasteiger charge is -2.03. The lowest BCUT2D eigenvalue weighted by molar-refractivity contribution is -0.146. The van der Waals surface area contributed by atoms with Gasteiger partial charge in [-0.25, -0.2) is 0 Å². The van der Waals surface area contributed by atoms with Crippen molar-refractivity contribution < 1.29 is 13.2 Å². The second-order valence-corrected chi connectivity index (χ2v) is 6.21. The quantitative estimate of drug-likeness (QED) is 0.777. The molecule has 3 aromatic heterocycles. The number of hydrogen-bond acceptors (Lipinski definition) is 8. The van der Waals surface area contributed by atoms with Crippen molar-refractivity contribution in [3.05, 3.63) is 18.0 Å². The minimum atomic E-state index is -4.61. The van der Waals surface area contributed by atoms with Gasteiger partial charge < -0.3 is 5.32 Å². The van der Waals surface area contributed by atoms with Gasteiger partial charge in [0.1, 0.15) is 5.03 Å². The van der Waals surface area contributed by atoms with Gasteiger partial charge in [0, 0.05) is 6.54 Å². The van der Waals surface area contributed by atoms with Gasteiger partial charge in [-0.3, -0.25) is 0 Å². The second-order valence-electron chi connectivity index (χ2n) is 3.97. The summed E-state index contributed by atoms with van der Waals surface area (Å²) in [5.41, 5.74) is 0.0299. The molecular formula is C10H8F3N7S2. The first kappa shape index (κ1) is 15.0. The number of nitrogens with zero attached hydrogens (tertiary/aromatic N) is 6. The topological polar surface area (TPSA) is 80.9 Å². The van der Waals surface area contributed by atoms with Crippen molar-refractivity contribution in [1.29, 1.82) is 0 Å². The normalized spacial score (nSPS) is 12.0. The van der Waals surface area contributed by atoms with Crippen LogP contribution in [0.15, 0.2) is 21.5 Å². The molecule has 0 fully saturated rings. The van der Waals surface area contributed by atoms with Crippen LogP contribution in [0.25, 0.3) is 5.65 Å². The number of aromatic nitrogens is 6. The van der Waals surface area contributed by atoms with Gasteiger partial charge in [-0.05, 0) is 30.8 Å². The lowest BCUT2D eigenvalue weighted by atomic mass is 10.5. The van der Waals surface area contributed by atoms with E-state index < -0.39 is 12.0 Å². The maximum absolute atomic E-state index is 12.8. The van der Waals surface area contributed by atoms with Crippen LogP contribution < -0.4 is 5.32 Å². The maximum Gasteiger partial charge on any atom is 0.453 e. The zero-order valence-corrected chi connectivity index (χ0v) is 12.6. The molecule has 1 N–H and O–H groups in total. The molecule has 0 aliphatic carbocycles. The molecule has 0 saturated carbocycles. The summed E-state index contributed by atoms with van der Waals surface area (Å²) in [7, 11) is 0. The highest BCUT2D eigenvalue weighted by Gasteiger charge is 2.37. The van der Waals surface area contributed by atoms with E-state index in [4.69, 9.17) is 0 Å². The van der Waals surface area contributed by atoms with Crippen molar-refractivity contribution in [2.24, 2.45) is 0 Å². The van der Waals surface area contributed by atoms with E-state index in [2.05, 4.69) is 30.8 Å². The molecule has 116 valence electrons. The molecule has 3 aromatic rings. The van der Waals surface area contributed by atoms with Gasteiger partial charge >= 0.3 is 6.18 Å². The number of anilines is 1. The summed E-state index contributed by atoms with van der Waals surface area (Å²) in [6.45, 7) is 2.63. The Bertz CT molecular complexity index is 797. The van der Waals surface area contributed by atoms with Crippen LogP contribution in [-0.4, -0.2) is 36.6 Å². The predicted octanol–water partition coefficient (Wildman–Crippen LogP) is 2.58. The molecule has 12 heteroatoms. The standard InChI is InChI=1S/C10H8F3N7S2/c1-2-14-8-17-18-9(22-8)21-6-4-3-5-15-16-7(10(11,12)13)20(5)19-6/h3-4H,2H2,1H3,(H,14,17). The van der Waals surface area contributed by atoms with Crippen LogP contribution >= 0.6 is 23.1 Å². The third-order valence-electron chi connectivity index (χ3n) is 2.42. The average molecular weight is 347 g/mol. The smallest absolute Gasteiger partial charge is 0.360 e. The summed E-state index contributed by atoms with van der Waals surface area (Å²) in [5.74, 6) is -1.16. The molecule has 0 amide bonds. The van der Waals surface area contributed by atoms with Crippen LogP contribution in [0.4, 0.5) is 18.3 Å². The lowest BCUT2D eigenvalue weighted by Crippen LogP contribution is -2.12. The molecule has 0 saturated heterocycles. The van der Waals surface area contributed by atoms with Gasteiger partial charge in [-0.15, -0.1) is 20.4 Å². The molecule has 0 aromatic carbocycles. The zero-order chi connectivity index (χ0) is 15.7. The highest BCUT2D eigenvalue weighted by atomic mass is 32.2. The van der Waals surface area contributed by atoms with Gasteiger partial charge in [0.15, 0.2) is 9.99 Å². The van der Waals surface area contributed by atoms with Gasteiger partial charge in [0.25, 0.3) is 5.82 Å². The minimum Gasteiger partial charge on any atom is -0.360 e. The van der Waals surface area contributed by atoms with Crippen molar-refractivity contribution in [2.75, 3.05) is 11.9 Å². The fraction of sp³-hybridized carbons (Fsp3) is 0.300. The first-order chi connectivity index (χ1) is 10.5. The van der Waals surface area contributed by atoms with E-state index in [-0.39, 0.29) is 5.65 Å².